The Morgan fingerprint density at radius 3 is 2.44 bits per heavy atom. The Morgan fingerprint density at radius 2 is 1.62 bits per heavy atom. The summed E-state index contributed by atoms with van der Waals surface area (Å²) in [7, 11) is 1.96. The molecule has 2 heterocycles. The van der Waals surface area contributed by atoms with E-state index < -0.39 is 0 Å². The fourth-order valence-electron chi connectivity index (χ4n) is 5.74. The Kier molecular flexibility index (Phi) is 4.51. The minimum atomic E-state index is -0.206. The third-order valence-corrected chi connectivity index (χ3v) is 7.39. The number of rotatable bonds is 2. The number of para-hydroxylation sites is 1. The number of furan rings is 1. The fourth-order valence-corrected chi connectivity index (χ4v) is 5.74. The summed E-state index contributed by atoms with van der Waals surface area (Å²) in [6.07, 6.45) is 4.07. The monoisotopic (exact) mass is 450 g/mol. The summed E-state index contributed by atoms with van der Waals surface area (Å²) < 4.78 is 23.2. The molecule has 5 aromatic rings. The zero-order valence-corrected chi connectivity index (χ0v) is 20.4. The Morgan fingerprint density at radius 1 is 0.853 bits per heavy atom. The van der Waals surface area contributed by atoms with Crippen LogP contribution >= 0.6 is 0 Å². The molecule has 0 spiro atoms. The molecule has 0 unspecified atom stereocenters. The van der Waals surface area contributed by atoms with Crippen molar-refractivity contribution in [1.82, 2.24) is 0 Å². The van der Waals surface area contributed by atoms with Crippen LogP contribution in [0.3, 0.4) is 0 Å². The first-order valence-electron chi connectivity index (χ1n) is 11.9. The Hall–Kier alpha value is -3.46. The van der Waals surface area contributed by atoms with Gasteiger partial charge in [-0.05, 0) is 54.4 Å². The maximum absolute atomic E-state index is 14.6. The minimum Gasteiger partial charge on any atom is -0.454 e. The highest BCUT2D eigenvalue weighted by Gasteiger charge is 2.29. The molecule has 0 N–H and O–H groups in total. The maximum atomic E-state index is 14.6. The fraction of sp³-hybridized carbons (Fsp3) is 0.258. The van der Waals surface area contributed by atoms with Gasteiger partial charge in [-0.2, -0.15) is 0 Å². The molecule has 0 amide bonds. The molecule has 1 aliphatic rings. The van der Waals surface area contributed by atoms with Gasteiger partial charge >= 0.3 is 0 Å². The van der Waals surface area contributed by atoms with Gasteiger partial charge in [0.1, 0.15) is 24.0 Å². The summed E-state index contributed by atoms with van der Waals surface area (Å²) in [5.41, 5.74) is 10.6. The van der Waals surface area contributed by atoms with Crippen LogP contribution in [-0.2, 0) is 19.9 Å². The predicted molar refractivity (Wildman–Crippen MR) is 136 cm³/mol. The van der Waals surface area contributed by atoms with Gasteiger partial charge in [-0.15, -0.1) is 0 Å². The van der Waals surface area contributed by atoms with Gasteiger partial charge in [-0.1, -0.05) is 62.4 Å². The van der Waals surface area contributed by atoms with Crippen molar-refractivity contribution in [3.8, 4) is 22.4 Å². The summed E-state index contributed by atoms with van der Waals surface area (Å²) in [4.78, 5) is 0. The zero-order valence-electron chi connectivity index (χ0n) is 20.4. The number of halogens is 1. The van der Waals surface area contributed by atoms with Gasteiger partial charge in [0.25, 0.3) is 0 Å². The van der Waals surface area contributed by atoms with Gasteiger partial charge in [0, 0.05) is 28.0 Å². The third-order valence-electron chi connectivity index (χ3n) is 7.39. The highest BCUT2D eigenvalue weighted by Crippen LogP contribution is 2.42. The van der Waals surface area contributed by atoms with E-state index in [0.29, 0.717) is 11.0 Å². The zero-order chi connectivity index (χ0) is 23.8. The first kappa shape index (κ1) is 21.1. The average Bonchev–Trinajstić information content (AvgIpc) is 3.31. The van der Waals surface area contributed by atoms with E-state index in [-0.39, 0.29) is 5.82 Å². The highest BCUT2D eigenvalue weighted by atomic mass is 19.1. The lowest BCUT2D eigenvalue weighted by molar-refractivity contribution is -0.661. The van der Waals surface area contributed by atoms with Crippen molar-refractivity contribution in [2.75, 3.05) is 0 Å². The summed E-state index contributed by atoms with van der Waals surface area (Å²) in [5.74, 6) is -0.206. The number of fused-ring (bicyclic) bond motifs is 4. The summed E-state index contributed by atoms with van der Waals surface area (Å²) in [6.45, 7) is 8.52. The molecule has 1 aliphatic carbocycles. The van der Waals surface area contributed by atoms with Gasteiger partial charge in [-0.3, -0.25) is 0 Å². The van der Waals surface area contributed by atoms with E-state index in [1.165, 1.54) is 16.7 Å². The van der Waals surface area contributed by atoms with E-state index in [4.69, 9.17) is 4.42 Å². The van der Waals surface area contributed by atoms with Crippen molar-refractivity contribution in [3.05, 3.63) is 88.9 Å². The van der Waals surface area contributed by atoms with E-state index in [9.17, 15) is 4.39 Å². The van der Waals surface area contributed by atoms with Gasteiger partial charge < -0.3 is 4.42 Å². The lowest BCUT2D eigenvalue weighted by Gasteiger charge is -2.14. The van der Waals surface area contributed by atoms with Crippen LogP contribution in [0.5, 0.6) is 0 Å². The molecule has 6 rings (SSSR count). The molecule has 170 valence electrons. The van der Waals surface area contributed by atoms with Crippen LogP contribution < -0.4 is 4.57 Å². The van der Waals surface area contributed by atoms with Crippen molar-refractivity contribution in [1.29, 1.82) is 0 Å². The Bertz CT molecular complexity index is 1620. The van der Waals surface area contributed by atoms with Gasteiger partial charge in [-0.25, -0.2) is 8.96 Å². The average molecular weight is 451 g/mol. The SMILES string of the molecule is Cc1c[n+](C)c(-c2c(C)ccc3c2oc2c(-c4ccc5c(c4)CC(C)(C)C5)cccc23)cc1F. The summed E-state index contributed by atoms with van der Waals surface area (Å²) in [6, 6.07) is 19.1. The molecule has 0 saturated carbocycles. The first-order chi connectivity index (χ1) is 16.2. The van der Waals surface area contributed by atoms with Crippen LogP contribution in [0, 0.1) is 25.1 Å². The number of aryl methyl sites for hydroxylation is 3. The van der Waals surface area contributed by atoms with E-state index in [2.05, 4.69) is 69.3 Å². The number of hydrogen-bond acceptors (Lipinski definition) is 1. The second-order valence-electron chi connectivity index (χ2n) is 10.7. The van der Waals surface area contributed by atoms with Crippen LogP contribution in [0.15, 0.2) is 65.2 Å². The van der Waals surface area contributed by atoms with Crippen molar-refractivity contribution >= 4 is 21.9 Å². The number of hydrogen-bond donors (Lipinski definition) is 0. The van der Waals surface area contributed by atoms with Crippen molar-refractivity contribution in [2.45, 2.75) is 40.5 Å². The quantitative estimate of drug-likeness (QED) is 0.253. The standard InChI is InChI=1S/C31H29FNO/c1-18-9-12-25-24-8-6-7-23(20-10-11-21-15-31(3,4)16-22(21)13-20)29(24)34-30(25)28(18)27-14-26(32)19(2)17-33(27)5/h6-14,17H,15-16H2,1-5H3/q+1. The molecule has 0 saturated heterocycles. The largest absolute Gasteiger partial charge is 0.454 e. The molecule has 2 aromatic heterocycles. The summed E-state index contributed by atoms with van der Waals surface area (Å²) >= 11 is 0. The molecular formula is C31H29FNO+. The van der Waals surface area contributed by atoms with E-state index in [0.717, 1.165) is 57.2 Å². The molecule has 0 radical (unpaired) electrons. The molecule has 3 aromatic carbocycles. The molecule has 0 aliphatic heterocycles. The van der Waals surface area contributed by atoms with Crippen molar-refractivity contribution < 1.29 is 13.4 Å². The minimum absolute atomic E-state index is 0.206. The number of benzene rings is 3. The van der Waals surface area contributed by atoms with Crippen molar-refractivity contribution in [3.63, 3.8) is 0 Å². The second-order valence-corrected chi connectivity index (χ2v) is 10.7. The Balaban J connectivity index is 1.60. The van der Waals surface area contributed by atoms with Gasteiger partial charge in [0.2, 0.25) is 5.69 Å². The smallest absolute Gasteiger partial charge is 0.219 e. The highest BCUT2D eigenvalue weighted by molar-refractivity contribution is 6.13. The third kappa shape index (κ3) is 3.18. The first-order valence-corrected chi connectivity index (χ1v) is 11.9. The van der Waals surface area contributed by atoms with Crippen LogP contribution in [0.4, 0.5) is 4.39 Å². The van der Waals surface area contributed by atoms with Crippen LogP contribution in [0.2, 0.25) is 0 Å². The molecule has 3 heteroatoms. The Labute approximate surface area is 199 Å². The molecule has 0 atom stereocenters. The van der Waals surface area contributed by atoms with Crippen molar-refractivity contribution in [2.24, 2.45) is 12.5 Å². The van der Waals surface area contributed by atoms with Crippen LogP contribution in [0.1, 0.15) is 36.1 Å². The van der Waals surface area contributed by atoms with E-state index >= 15 is 0 Å². The molecule has 2 nitrogen and oxygen atoms in total. The molecule has 34 heavy (non-hydrogen) atoms. The number of nitrogens with zero attached hydrogens (tertiary/aromatic N) is 1. The van der Waals surface area contributed by atoms with Crippen LogP contribution in [-0.4, -0.2) is 0 Å². The van der Waals surface area contributed by atoms with E-state index in [1.807, 2.05) is 17.8 Å². The number of pyridine rings is 1. The maximum Gasteiger partial charge on any atom is 0.219 e. The predicted octanol–water partition coefficient (Wildman–Crippen LogP) is 7.63. The van der Waals surface area contributed by atoms with Crippen LogP contribution in [0.25, 0.3) is 44.3 Å². The lowest BCUT2D eigenvalue weighted by Crippen LogP contribution is -2.31. The molecule has 0 fully saturated rings. The van der Waals surface area contributed by atoms with E-state index in [1.54, 1.807) is 13.0 Å². The number of aromatic nitrogens is 1. The second kappa shape index (κ2) is 7.27. The lowest BCUT2D eigenvalue weighted by atomic mass is 9.90. The topological polar surface area (TPSA) is 17.0 Å². The summed E-state index contributed by atoms with van der Waals surface area (Å²) in [5, 5.41) is 2.14. The van der Waals surface area contributed by atoms with Gasteiger partial charge in [0.05, 0.1) is 5.56 Å². The normalized spacial score (nSPS) is 14.8. The molecule has 0 bridgehead atoms. The molecular weight excluding hydrogens is 421 g/mol. The van der Waals surface area contributed by atoms with Gasteiger partial charge in [0.15, 0.2) is 6.20 Å².